The van der Waals surface area contributed by atoms with Crippen LogP contribution in [-0.4, -0.2) is 53.7 Å². The summed E-state index contributed by atoms with van der Waals surface area (Å²) in [6, 6.07) is 7.57. The van der Waals surface area contributed by atoms with Crippen LogP contribution in [-0.2, 0) is 0 Å². The number of amides is 1. The van der Waals surface area contributed by atoms with Gasteiger partial charge in [0.15, 0.2) is 16.6 Å². The van der Waals surface area contributed by atoms with Crippen molar-refractivity contribution < 1.29 is 19.2 Å². The summed E-state index contributed by atoms with van der Waals surface area (Å²) in [6.45, 7) is 6.77. The highest BCUT2D eigenvalue weighted by Gasteiger charge is 2.29. The number of nitro groups is 1. The number of halogens is 1. The molecule has 0 aliphatic carbocycles. The van der Waals surface area contributed by atoms with E-state index in [-0.39, 0.29) is 23.1 Å². The van der Waals surface area contributed by atoms with Crippen molar-refractivity contribution >= 4 is 49.9 Å². The maximum Gasteiger partial charge on any atom is 0.282 e. The van der Waals surface area contributed by atoms with Gasteiger partial charge in [-0.1, -0.05) is 36.8 Å². The molecule has 32 heavy (non-hydrogen) atoms. The van der Waals surface area contributed by atoms with Crippen molar-refractivity contribution in [2.24, 2.45) is 0 Å². The van der Waals surface area contributed by atoms with Gasteiger partial charge in [0, 0.05) is 36.3 Å². The summed E-state index contributed by atoms with van der Waals surface area (Å²) < 4.78 is 11.7. The van der Waals surface area contributed by atoms with Gasteiger partial charge in [0.2, 0.25) is 6.79 Å². The van der Waals surface area contributed by atoms with Crippen LogP contribution in [0.1, 0.15) is 24.2 Å². The number of hydrogen-bond acceptors (Lipinski definition) is 8. The van der Waals surface area contributed by atoms with Crippen LogP contribution < -0.4 is 14.4 Å². The van der Waals surface area contributed by atoms with E-state index in [1.807, 2.05) is 19.9 Å². The van der Waals surface area contributed by atoms with E-state index >= 15 is 0 Å². The van der Waals surface area contributed by atoms with Crippen LogP contribution in [0.4, 0.5) is 10.8 Å². The largest absolute Gasteiger partial charge is 0.454 e. The molecule has 0 spiro atoms. The number of fused-ring (bicyclic) bond motifs is 2. The third-order valence-corrected chi connectivity index (χ3v) is 6.54. The molecule has 1 aliphatic heterocycles. The fourth-order valence-electron chi connectivity index (χ4n) is 3.47. The van der Waals surface area contributed by atoms with Gasteiger partial charge in [0.05, 0.1) is 15.1 Å². The van der Waals surface area contributed by atoms with Gasteiger partial charge in [0.1, 0.15) is 5.56 Å². The molecule has 11 heteroatoms. The Morgan fingerprint density at radius 1 is 1.19 bits per heavy atom. The normalized spacial score (nSPS) is 12.5. The Bertz CT molecular complexity index is 1140. The van der Waals surface area contributed by atoms with Crippen molar-refractivity contribution in [1.29, 1.82) is 0 Å². The molecule has 0 unspecified atom stereocenters. The quantitative estimate of drug-likeness (QED) is 0.346. The molecule has 3 aromatic rings. The molecule has 4 rings (SSSR count). The number of nitrogens with zero attached hydrogens (tertiary/aromatic N) is 4. The molecule has 0 fully saturated rings. The van der Waals surface area contributed by atoms with E-state index in [2.05, 4.69) is 9.88 Å². The molecule has 0 radical (unpaired) electrons. The first-order valence-corrected chi connectivity index (χ1v) is 11.3. The third-order valence-electron chi connectivity index (χ3n) is 5.27. The lowest BCUT2D eigenvalue weighted by Crippen LogP contribution is -2.39. The average molecular weight is 477 g/mol. The molecule has 0 saturated heterocycles. The van der Waals surface area contributed by atoms with E-state index in [9.17, 15) is 14.9 Å². The van der Waals surface area contributed by atoms with Crippen molar-refractivity contribution in [2.75, 3.05) is 37.9 Å². The number of benzene rings is 2. The smallest absolute Gasteiger partial charge is 0.282 e. The summed E-state index contributed by atoms with van der Waals surface area (Å²) in [5, 5.41) is 12.2. The first-order valence-electron chi connectivity index (χ1n) is 10.1. The number of carbonyl (C=O) groups excluding carboxylic acids is 1. The molecule has 1 aliphatic rings. The van der Waals surface area contributed by atoms with Gasteiger partial charge in [-0.3, -0.25) is 19.8 Å². The minimum Gasteiger partial charge on any atom is -0.454 e. The lowest BCUT2D eigenvalue weighted by atomic mass is 10.1. The van der Waals surface area contributed by atoms with Gasteiger partial charge in [-0.15, -0.1) is 0 Å². The lowest BCUT2D eigenvalue weighted by Gasteiger charge is -2.24. The van der Waals surface area contributed by atoms with Crippen molar-refractivity contribution in [3.8, 4) is 11.5 Å². The lowest BCUT2D eigenvalue weighted by molar-refractivity contribution is -0.385. The van der Waals surface area contributed by atoms with Gasteiger partial charge in [-0.05, 0) is 25.2 Å². The topological polar surface area (TPSA) is 98.0 Å². The molecule has 0 N–H and O–H groups in total. The maximum absolute atomic E-state index is 13.6. The highest BCUT2D eigenvalue weighted by atomic mass is 35.5. The Labute approximate surface area is 193 Å². The molecule has 1 aromatic heterocycles. The second kappa shape index (κ2) is 9.27. The fourth-order valence-corrected chi connectivity index (χ4v) is 4.64. The van der Waals surface area contributed by atoms with Crippen molar-refractivity contribution in [3.63, 3.8) is 0 Å². The second-order valence-corrected chi connectivity index (χ2v) is 8.52. The Morgan fingerprint density at radius 2 is 1.91 bits per heavy atom. The Morgan fingerprint density at radius 3 is 2.59 bits per heavy atom. The fraction of sp³-hybridized carbons (Fsp3) is 0.333. The third kappa shape index (κ3) is 4.34. The number of carbonyl (C=O) groups is 1. The highest BCUT2D eigenvalue weighted by molar-refractivity contribution is 7.22. The number of ether oxygens (including phenoxy) is 2. The van der Waals surface area contributed by atoms with E-state index in [1.54, 1.807) is 6.07 Å². The molecule has 2 aromatic carbocycles. The first-order chi connectivity index (χ1) is 15.4. The van der Waals surface area contributed by atoms with Crippen LogP contribution in [0, 0.1) is 10.1 Å². The van der Waals surface area contributed by atoms with Crippen LogP contribution in [0.3, 0.4) is 0 Å². The summed E-state index contributed by atoms with van der Waals surface area (Å²) in [5.74, 6) is 0.700. The van der Waals surface area contributed by atoms with Crippen LogP contribution in [0.5, 0.6) is 11.5 Å². The highest BCUT2D eigenvalue weighted by Crippen LogP contribution is 2.40. The molecular formula is C21H21ClN4O5S. The molecule has 1 amide bonds. The zero-order valence-corrected chi connectivity index (χ0v) is 19.1. The number of anilines is 1. The van der Waals surface area contributed by atoms with Crippen molar-refractivity contribution in [1.82, 2.24) is 9.88 Å². The monoisotopic (exact) mass is 476 g/mol. The van der Waals surface area contributed by atoms with Gasteiger partial charge < -0.3 is 14.4 Å². The standard InChI is InChI=1S/C21H21ClN4O5S/c1-3-24(4-2)7-8-25(20(27)14-9-13(22)5-6-16(14)26(28)29)21-23-15-10-17-18(31-12-30-17)11-19(15)32-21/h5-6,9-11H,3-4,7-8,12H2,1-2H3. The zero-order valence-electron chi connectivity index (χ0n) is 17.5. The number of rotatable bonds is 8. The van der Waals surface area contributed by atoms with E-state index in [4.69, 9.17) is 21.1 Å². The Hall–Kier alpha value is -2.95. The summed E-state index contributed by atoms with van der Waals surface area (Å²) in [6.07, 6.45) is 0. The number of aromatic nitrogens is 1. The summed E-state index contributed by atoms with van der Waals surface area (Å²) >= 11 is 7.38. The summed E-state index contributed by atoms with van der Waals surface area (Å²) in [7, 11) is 0. The SMILES string of the molecule is CCN(CC)CCN(C(=O)c1cc(Cl)ccc1[N+](=O)[O-])c1nc2cc3c(cc2s1)OCO3. The molecule has 0 saturated carbocycles. The number of likely N-dealkylation sites (N-methyl/N-ethyl adjacent to an activating group) is 1. The molecule has 9 nitrogen and oxygen atoms in total. The minimum atomic E-state index is -0.580. The average Bonchev–Trinajstić information content (AvgIpc) is 3.40. The molecular weight excluding hydrogens is 456 g/mol. The van der Waals surface area contributed by atoms with Gasteiger partial charge in [0.25, 0.3) is 11.6 Å². The number of thiazole rings is 1. The van der Waals surface area contributed by atoms with E-state index < -0.39 is 10.8 Å². The second-order valence-electron chi connectivity index (χ2n) is 7.07. The maximum atomic E-state index is 13.6. The summed E-state index contributed by atoms with van der Waals surface area (Å²) in [5.41, 5.74) is 0.292. The van der Waals surface area contributed by atoms with E-state index in [0.29, 0.717) is 35.2 Å². The van der Waals surface area contributed by atoms with Crippen LogP contribution in [0.25, 0.3) is 10.2 Å². The van der Waals surface area contributed by atoms with Crippen LogP contribution in [0.15, 0.2) is 30.3 Å². The Balaban J connectivity index is 1.75. The van der Waals surface area contributed by atoms with Crippen molar-refractivity contribution in [3.05, 3.63) is 51.0 Å². The molecule has 2 heterocycles. The van der Waals surface area contributed by atoms with Crippen LogP contribution in [0.2, 0.25) is 5.02 Å². The molecule has 168 valence electrons. The molecule has 0 atom stereocenters. The predicted molar refractivity (Wildman–Crippen MR) is 123 cm³/mol. The zero-order chi connectivity index (χ0) is 22.8. The van der Waals surface area contributed by atoms with Gasteiger partial charge >= 0.3 is 0 Å². The minimum absolute atomic E-state index is 0.0736. The van der Waals surface area contributed by atoms with Gasteiger partial charge in [-0.2, -0.15) is 0 Å². The van der Waals surface area contributed by atoms with Crippen LogP contribution >= 0.6 is 22.9 Å². The van der Waals surface area contributed by atoms with E-state index in [0.717, 1.165) is 17.8 Å². The van der Waals surface area contributed by atoms with Gasteiger partial charge in [-0.25, -0.2) is 4.98 Å². The van der Waals surface area contributed by atoms with E-state index in [1.165, 1.54) is 34.4 Å². The van der Waals surface area contributed by atoms with Crippen molar-refractivity contribution in [2.45, 2.75) is 13.8 Å². The first kappa shape index (κ1) is 22.3. The molecule has 0 bridgehead atoms. The number of hydrogen-bond donors (Lipinski definition) is 0. The Kier molecular flexibility index (Phi) is 6.45. The number of nitro benzene ring substituents is 1. The summed E-state index contributed by atoms with van der Waals surface area (Å²) in [4.78, 5) is 32.8. The predicted octanol–water partition coefficient (Wildman–Crippen LogP) is 4.58.